The lowest BCUT2D eigenvalue weighted by Crippen LogP contribution is -2.52. The molecule has 2 amide bonds. The Morgan fingerprint density at radius 2 is 1.80 bits per heavy atom. The largest absolute Gasteiger partial charge is 0.497 e. The van der Waals surface area contributed by atoms with E-state index < -0.39 is 0 Å². The number of amides is 2. The van der Waals surface area contributed by atoms with Crippen LogP contribution < -0.4 is 14.8 Å². The standard InChI is InChI=1S/C26H33FN4O4/c1-34-21-8-9-24(35-2)22(16-21)23-7-4-10-31(23)18-26(33)30-13-11-29(12-14-30)17-25(32)28-20-6-3-5-19(27)15-20/h3,5-6,8-9,15-16,23H,4,7,10-14,17-18H2,1-2H3,(H,28,32)/t23-/m0/s1. The molecule has 8 nitrogen and oxygen atoms in total. The van der Waals surface area contributed by atoms with E-state index in [1.807, 2.05) is 28.0 Å². The Hall–Kier alpha value is -3.17. The van der Waals surface area contributed by atoms with Crippen LogP contribution in [0.15, 0.2) is 42.5 Å². The fourth-order valence-corrected chi connectivity index (χ4v) is 4.87. The topological polar surface area (TPSA) is 74.4 Å². The van der Waals surface area contributed by atoms with Gasteiger partial charge in [-0.05, 0) is 55.8 Å². The highest BCUT2D eigenvalue weighted by Gasteiger charge is 2.32. The van der Waals surface area contributed by atoms with Crippen molar-refractivity contribution in [2.75, 3.05) is 65.3 Å². The number of ether oxygens (including phenoxy) is 2. The summed E-state index contributed by atoms with van der Waals surface area (Å²) in [6.07, 6.45) is 1.98. The fraction of sp³-hybridized carbons (Fsp3) is 0.462. The molecule has 0 unspecified atom stereocenters. The minimum atomic E-state index is -0.389. The number of benzene rings is 2. The van der Waals surface area contributed by atoms with Crippen LogP contribution in [0.5, 0.6) is 11.5 Å². The van der Waals surface area contributed by atoms with Gasteiger partial charge in [0.05, 0.1) is 27.3 Å². The van der Waals surface area contributed by atoms with Crippen molar-refractivity contribution in [3.63, 3.8) is 0 Å². The Morgan fingerprint density at radius 1 is 1.00 bits per heavy atom. The van der Waals surface area contributed by atoms with E-state index in [1.54, 1.807) is 26.4 Å². The first-order chi connectivity index (χ1) is 17.0. The smallest absolute Gasteiger partial charge is 0.238 e. The monoisotopic (exact) mass is 484 g/mol. The number of carbonyl (C=O) groups is 2. The van der Waals surface area contributed by atoms with Gasteiger partial charge >= 0.3 is 0 Å². The van der Waals surface area contributed by atoms with Gasteiger partial charge in [0.25, 0.3) is 0 Å². The molecule has 2 aliphatic heterocycles. The Kier molecular flexibility index (Phi) is 8.20. The summed E-state index contributed by atoms with van der Waals surface area (Å²) in [4.78, 5) is 31.5. The van der Waals surface area contributed by atoms with Crippen LogP contribution in [0, 0.1) is 5.82 Å². The molecular formula is C26H33FN4O4. The van der Waals surface area contributed by atoms with Gasteiger partial charge in [0.15, 0.2) is 0 Å². The SMILES string of the molecule is COc1ccc(OC)c([C@@H]2CCCN2CC(=O)N2CCN(CC(=O)Nc3cccc(F)c3)CC2)c1. The second-order valence-corrected chi connectivity index (χ2v) is 8.95. The summed E-state index contributed by atoms with van der Waals surface area (Å²) in [5.74, 6) is 1.10. The van der Waals surface area contributed by atoms with Crippen molar-refractivity contribution in [1.82, 2.24) is 14.7 Å². The van der Waals surface area contributed by atoms with E-state index in [2.05, 4.69) is 10.2 Å². The normalized spacial score (nSPS) is 18.9. The van der Waals surface area contributed by atoms with Crippen molar-refractivity contribution in [2.24, 2.45) is 0 Å². The lowest BCUT2D eigenvalue weighted by Gasteiger charge is -2.36. The number of hydrogen-bond donors (Lipinski definition) is 1. The highest BCUT2D eigenvalue weighted by Crippen LogP contribution is 2.38. The van der Waals surface area contributed by atoms with Gasteiger partial charge < -0.3 is 19.7 Å². The third kappa shape index (κ3) is 6.29. The Morgan fingerprint density at radius 3 is 2.51 bits per heavy atom. The highest BCUT2D eigenvalue weighted by molar-refractivity contribution is 5.92. The van der Waals surface area contributed by atoms with Crippen LogP contribution in [0.25, 0.3) is 0 Å². The predicted octanol–water partition coefficient (Wildman–Crippen LogP) is 2.76. The maximum Gasteiger partial charge on any atom is 0.238 e. The number of halogens is 1. The van der Waals surface area contributed by atoms with Crippen LogP contribution in [-0.4, -0.2) is 86.5 Å². The highest BCUT2D eigenvalue weighted by atomic mass is 19.1. The van der Waals surface area contributed by atoms with Gasteiger partial charge in [-0.15, -0.1) is 0 Å². The molecule has 2 aromatic carbocycles. The lowest BCUT2D eigenvalue weighted by molar-refractivity contribution is -0.134. The van der Waals surface area contributed by atoms with Crippen LogP contribution in [-0.2, 0) is 9.59 Å². The summed E-state index contributed by atoms with van der Waals surface area (Å²) < 4.78 is 24.3. The van der Waals surface area contributed by atoms with Crippen LogP contribution in [0.1, 0.15) is 24.4 Å². The Balaban J connectivity index is 1.28. The number of nitrogens with one attached hydrogen (secondary N) is 1. The molecule has 35 heavy (non-hydrogen) atoms. The van der Waals surface area contributed by atoms with Crippen molar-refractivity contribution >= 4 is 17.5 Å². The summed E-state index contributed by atoms with van der Waals surface area (Å²) in [7, 11) is 3.31. The minimum absolute atomic E-state index is 0.0997. The van der Waals surface area contributed by atoms with Gasteiger partial charge in [0.2, 0.25) is 11.8 Å². The van der Waals surface area contributed by atoms with Gasteiger partial charge in [0, 0.05) is 43.5 Å². The zero-order valence-electron chi connectivity index (χ0n) is 20.3. The fourth-order valence-electron chi connectivity index (χ4n) is 4.87. The second kappa shape index (κ2) is 11.5. The number of carbonyl (C=O) groups excluding carboxylic acids is 2. The number of anilines is 1. The first kappa shape index (κ1) is 24.9. The molecule has 2 heterocycles. The number of likely N-dealkylation sites (tertiary alicyclic amines) is 1. The summed E-state index contributed by atoms with van der Waals surface area (Å²) in [6.45, 7) is 3.81. The van der Waals surface area contributed by atoms with Crippen LogP contribution in [0.2, 0.25) is 0 Å². The molecule has 2 aromatic rings. The third-order valence-corrected chi connectivity index (χ3v) is 6.70. The zero-order chi connectivity index (χ0) is 24.8. The molecule has 0 aliphatic carbocycles. The molecule has 2 saturated heterocycles. The molecule has 0 aromatic heterocycles. The molecule has 1 atom stereocenters. The number of piperazine rings is 1. The first-order valence-corrected chi connectivity index (χ1v) is 12.0. The van der Waals surface area contributed by atoms with Crippen molar-refractivity contribution < 1.29 is 23.5 Å². The van der Waals surface area contributed by atoms with Crippen molar-refractivity contribution in [3.8, 4) is 11.5 Å². The molecular weight excluding hydrogens is 451 g/mol. The molecule has 0 radical (unpaired) electrons. The van der Waals surface area contributed by atoms with Crippen LogP contribution >= 0.6 is 0 Å². The van der Waals surface area contributed by atoms with E-state index in [0.717, 1.165) is 36.4 Å². The average Bonchev–Trinajstić information content (AvgIpc) is 3.31. The predicted molar refractivity (Wildman–Crippen MR) is 131 cm³/mol. The molecule has 0 spiro atoms. The third-order valence-electron chi connectivity index (χ3n) is 6.70. The Labute approximate surface area is 205 Å². The van der Waals surface area contributed by atoms with Crippen molar-refractivity contribution in [3.05, 3.63) is 53.8 Å². The summed E-state index contributed by atoms with van der Waals surface area (Å²) in [5, 5.41) is 2.72. The van der Waals surface area contributed by atoms with Gasteiger partial charge in [0.1, 0.15) is 17.3 Å². The minimum Gasteiger partial charge on any atom is -0.497 e. The van der Waals surface area contributed by atoms with Crippen LogP contribution in [0.4, 0.5) is 10.1 Å². The molecule has 188 valence electrons. The average molecular weight is 485 g/mol. The maximum absolute atomic E-state index is 13.3. The summed E-state index contributed by atoms with van der Waals surface area (Å²) >= 11 is 0. The molecule has 4 rings (SSSR count). The van der Waals surface area contributed by atoms with E-state index in [4.69, 9.17) is 9.47 Å². The van der Waals surface area contributed by atoms with E-state index in [0.29, 0.717) is 38.4 Å². The second-order valence-electron chi connectivity index (χ2n) is 8.95. The number of nitrogens with zero attached hydrogens (tertiary/aromatic N) is 3. The molecule has 0 bridgehead atoms. The maximum atomic E-state index is 13.3. The van der Waals surface area contributed by atoms with Crippen molar-refractivity contribution in [2.45, 2.75) is 18.9 Å². The number of rotatable bonds is 8. The molecule has 2 fully saturated rings. The molecule has 1 N–H and O–H groups in total. The van der Waals surface area contributed by atoms with Gasteiger partial charge in [-0.25, -0.2) is 4.39 Å². The van der Waals surface area contributed by atoms with Gasteiger partial charge in [-0.2, -0.15) is 0 Å². The van der Waals surface area contributed by atoms with Gasteiger partial charge in [-0.1, -0.05) is 6.07 Å². The summed E-state index contributed by atoms with van der Waals surface area (Å²) in [5.41, 5.74) is 1.49. The van der Waals surface area contributed by atoms with Gasteiger partial charge in [-0.3, -0.25) is 19.4 Å². The van der Waals surface area contributed by atoms with E-state index in [-0.39, 0.29) is 30.2 Å². The van der Waals surface area contributed by atoms with E-state index in [1.165, 1.54) is 12.1 Å². The number of hydrogen-bond acceptors (Lipinski definition) is 6. The van der Waals surface area contributed by atoms with Crippen molar-refractivity contribution in [1.29, 1.82) is 0 Å². The van der Waals surface area contributed by atoms with E-state index in [9.17, 15) is 14.0 Å². The first-order valence-electron chi connectivity index (χ1n) is 12.0. The molecule has 2 aliphatic rings. The molecule has 0 saturated carbocycles. The zero-order valence-corrected chi connectivity index (χ0v) is 20.3. The van der Waals surface area contributed by atoms with E-state index >= 15 is 0 Å². The number of methoxy groups -OCH3 is 2. The Bertz CT molecular complexity index is 1040. The quantitative estimate of drug-likeness (QED) is 0.621. The van der Waals surface area contributed by atoms with Crippen LogP contribution in [0.3, 0.4) is 0 Å². The summed E-state index contributed by atoms with van der Waals surface area (Å²) in [6, 6.07) is 11.7. The lowest BCUT2D eigenvalue weighted by atomic mass is 10.0. The molecule has 9 heteroatoms.